The first-order chi connectivity index (χ1) is 13.7. The molecular formula is C22H23N5O. The van der Waals surface area contributed by atoms with Crippen molar-refractivity contribution in [2.45, 2.75) is 13.0 Å². The molecule has 6 nitrogen and oxygen atoms in total. The van der Waals surface area contributed by atoms with Crippen molar-refractivity contribution in [3.8, 4) is 5.75 Å². The number of nitrogens with one attached hydrogen (secondary N) is 1. The molecule has 1 aliphatic heterocycles. The molecule has 1 aliphatic rings. The standard InChI is InChI=1S/C22H23N5O/c23-15-16-10-12-19(13-11-16)26-20(14-18-8-4-5-9-21(18)28)22(25-27(26)24)17-6-2-1-3-7-17/h1-13,25,28H,14-15,23-24H2. The van der Waals surface area contributed by atoms with Crippen LogP contribution in [0.2, 0.25) is 0 Å². The maximum Gasteiger partial charge on any atom is 0.119 e. The molecule has 0 saturated carbocycles. The van der Waals surface area contributed by atoms with Crippen molar-refractivity contribution in [3.63, 3.8) is 0 Å². The Morgan fingerprint density at radius 1 is 0.857 bits per heavy atom. The lowest BCUT2D eigenvalue weighted by atomic mass is 10.0. The summed E-state index contributed by atoms with van der Waals surface area (Å²) in [5, 5.41) is 13.7. The first kappa shape index (κ1) is 18.1. The first-order valence-electron chi connectivity index (χ1n) is 9.13. The lowest BCUT2D eigenvalue weighted by Gasteiger charge is -2.27. The Kier molecular flexibility index (Phi) is 4.99. The quantitative estimate of drug-likeness (QED) is 0.514. The van der Waals surface area contributed by atoms with E-state index in [1.165, 1.54) is 5.23 Å². The van der Waals surface area contributed by atoms with Gasteiger partial charge in [0, 0.05) is 18.5 Å². The Labute approximate surface area is 164 Å². The van der Waals surface area contributed by atoms with Crippen molar-refractivity contribution in [1.29, 1.82) is 0 Å². The highest BCUT2D eigenvalue weighted by molar-refractivity contribution is 5.74. The molecule has 6 N–H and O–H groups in total. The summed E-state index contributed by atoms with van der Waals surface area (Å²) in [7, 11) is 0. The van der Waals surface area contributed by atoms with Crippen LogP contribution >= 0.6 is 0 Å². The summed E-state index contributed by atoms with van der Waals surface area (Å²) in [6.07, 6.45) is 0.510. The predicted molar refractivity (Wildman–Crippen MR) is 111 cm³/mol. The van der Waals surface area contributed by atoms with Crippen LogP contribution in [0.1, 0.15) is 16.7 Å². The highest BCUT2D eigenvalue weighted by Gasteiger charge is 2.30. The molecule has 0 amide bonds. The fourth-order valence-electron chi connectivity index (χ4n) is 3.36. The summed E-state index contributed by atoms with van der Waals surface area (Å²) in [6.45, 7) is 0.487. The average Bonchev–Trinajstić information content (AvgIpc) is 3.06. The minimum atomic E-state index is 0.260. The van der Waals surface area contributed by atoms with Gasteiger partial charge in [0.2, 0.25) is 0 Å². The third-order valence-corrected chi connectivity index (χ3v) is 4.81. The summed E-state index contributed by atoms with van der Waals surface area (Å²) in [5.74, 6) is 6.57. The molecule has 3 aromatic carbocycles. The molecule has 6 heteroatoms. The van der Waals surface area contributed by atoms with E-state index >= 15 is 0 Å². The SMILES string of the molecule is NCc1ccc(N2C(Cc3ccccc3O)=C(c3ccccc3)NN2N)cc1. The number of nitrogens with two attached hydrogens (primary N) is 2. The van der Waals surface area contributed by atoms with Gasteiger partial charge in [-0.2, -0.15) is 0 Å². The molecule has 4 rings (SSSR count). The van der Waals surface area contributed by atoms with E-state index in [0.29, 0.717) is 13.0 Å². The number of aromatic hydroxyl groups is 1. The Balaban J connectivity index is 1.81. The van der Waals surface area contributed by atoms with Crippen LogP contribution in [0.5, 0.6) is 5.75 Å². The van der Waals surface area contributed by atoms with E-state index < -0.39 is 0 Å². The number of nitrogens with zero attached hydrogens (tertiary/aromatic N) is 2. The fourth-order valence-corrected chi connectivity index (χ4v) is 3.36. The molecule has 0 aliphatic carbocycles. The van der Waals surface area contributed by atoms with Crippen LogP contribution < -0.4 is 22.0 Å². The van der Waals surface area contributed by atoms with Crippen molar-refractivity contribution in [2.24, 2.45) is 11.6 Å². The van der Waals surface area contributed by atoms with Gasteiger partial charge in [-0.3, -0.25) is 5.43 Å². The van der Waals surface area contributed by atoms with E-state index in [2.05, 4.69) is 5.43 Å². The van der Waals surface area contributed by atoms with Crippen molar-refractivity contribution in [2.75, 3.05) is 5.01 Å². The number of allylic oxidation sites excluding steroid dienone is 1. The van der Waals surface area contributed by atoms with Crippen LogP contribution in [-0.4, -0.2) is 10.3 Å². The fraction of sp³-hybridized carbons (Fsp3) is 0.0909. The Morgan fingerprint density at radius 3 is 2.21 bits per heavy atom. The van der Waals surface area contributed by atoms with Gasteiger partial charge in [0.1, 0.15) is 5.75 Å². The number of phenolic OH excluding ortho intramolecular Hbond substituents is 1. The maximum atomic E-state index is 10.3. The number of hydrogen-bond donors (Lipinski definition) is 4. The van der Waals surface area contributed by atoms with E-state index in [1.54, 1.807) is 6.07 Å². The number of rotatable bonds is 5. The first-order valence-corrected chi connectivity index (χ1v) is 9.13. The third-order valence-electron chi connectivity index (χ3n) is 4.81. The molecule has 28 heavy (non-hydrogen) atoms. The van der Waals surface area contributed by atoms with Crippen molar-refractivity contribution >= 4 is 11.4 Å². The molecule has 3 aromatic rings. The topological polar surface area (TPSA) is 90.8 Å². The number of para-hydroxylation sites is 1. The second-order valence-corrected chi connectivity index (χ2v) is 6.63. The van der Waals surface area contributed by atoms with E-state index in [9.17, 15) is 5.11 Å². The largest absolute Gasteiger partial charge is 0.508 e. The van der Waals surface area contributed by atoms with Gasteiger partial charge >= 0.3 is 0 Å². The molecule has 0 aromatic heterocycles. The van der Waals surface area contributed by atoms with Gasteiger partial charge in [-0.15, -0.1) is 0 Å². The Hall–Kier alpha value is -3.32. The van der Waals surface area contributed by atoms with Gasteiger partial charge in [0.25, 0.3) is 0 Å². The number of anilines is 1. The Bertz CT molecular complexity index is 985. The molecule has 0 bridgehead atoms. The summed E-state index contributed by atoms with van der Waals surface area (Å²) in [4.78, 5) is 0. The molecule has 0 unspecified atom stereocenters. The zero-order chi connectivity index (χ0) is 19.5. The molecule has 0 spiro atoms. The molecule has 142 valence electrons. The van der Waals surface area contributed by atoms with E-state index in [4.69, 9.17) is 11.6 Å². The second-order valence-electron chi connectivity index (χ2n) is 6.63. The maximum absolute atomic E-state index is 10.3. The number of phenols is 1. The third kappa shape index (κ3) is 3.44. The lowest BCUT2D eigenvalue weighted by Crippen LogP contribution is -2.49. The highest BCUT2D eigenvalue weighted by Crippen LogP contribution is 2.34. The monoisotopic (exact) mass is 373 g/mol. The van der Waals surface area contributed by atoms with Gasteiger partial charge in [0.05, 0.1) is 17.1 Å². The van der Waals surface area contributed by atoms with Crippen LogP contribution in [0, 0.1) is 0 Å². The highest BCUT2D eigenvalue weighted by atomic mass is 16.3. The van der Waals surface area contributed by atoms with Crippen molar-refractivity contribution in [1.82, 2.24) is 10.7 Å². The minimum Gasteiger partial charge on any atom is -0.508 e. The second kappa shape index (κ2) is 7.74. The van der Waals surface area contributed by atoms with Crippen molar-refractivity contribution < 1.29 is 5.11 Å². The van der Waals surface area contributed by atoms with E-state index in [0.717, 1.165) is 33.8 Å². The van der Waals surface area contributed by atoms with Gasteiger partial charge < -0.3 is 10.8 Å². The average molecular weight is 373 g/mol. The smallest absolute Gasteiger partial charge is 0.119 e. The summed E-state index contributed by atoms with van der Waals surface area (Å²) in [6, 6.07) is 25.3. The minimum absolute atomic E-state index is 0.260. The molecule has 1 heterocycles. The molecule has 0 radical (unpaired) electrons. The summed E-state index contributed by atoms with van der Waals surface area (Å²) >= 11 is 0. The van der Waals surface area contributed by atoms with E-state index in [1.807, 2.05) is 77.8 Å². The zero-order valence-electron chi connectivity index (χ0n) is 15.4. The van der Waals surface area contributed by atoms with Gasteiger partial charge in [-0.25, -0.2) is 10.9 Å². The normalized spacial score (nSPS) is 14.4. The van der Waals surface area contributed by atoms with Gasteiger partial charge in [-0.05, 0) is 29.3 Å². The predicted octanol–water partition coefficient (Wildman–Crippen LogP) is 2.88. The molecular weight excluding hydrogens is 350 g/mol. The number of benzene rings is 3. The van der Waals surface area contributed by atoms with Crippen LogP contribution in [0.3, 0.4) is 0 Å². The lowest BCUT2D eigenvalue weighted by molar-refractivity contribution is 0.249. The summed E-state index contributed by atoms with van der Waals surface area (Å²) < 4.78 is 0. The van der Waals surface area contributed by atoms with Gasteiger partial charge in [0.15, 0.2) is 0 Å². The van der Waals surface area contributed by atoms with E-state index in [-0.39, 0.29) is 5.75 Å². The molecule has 0 atom stereocenters. The zero-order valence-corrected chi connectivity index (χ0v) is 15.4. The molecule has 0 saturated heterocycles. The summed E-state index contributed by atoms with van der Waals surface area (Å²) in [5.41, 5.74) is 14.6. The number of hydrazine groups is 3. The van der Waals surface area contributed by atoms with Gasteiger partial charge in [-0.1, -0.05) is 65.9 Å². The number of hydrogen-bond acceptors (Lipinski definition) is 6. The Morgan fingerprint density at radius 2 is 1.54 bits per heavy atom. The van der Waals surface area contributed by atoms with Crippen LogP contribution in [-0.2, 0) is 13.0 Å². The molecule has 0 fully saturated rings. The van der Waals surface area contributed by atoms with Crippen molar-refractivity contribution in [3.05, 3.63) is 101 Å². The van der Waals surface area contributed by atoms with Crippen LogP contribution in [0.4, 0.5) is 5.69 Å². The van der Waals surface area contributed by atoms with Crippen LogP contribution in [0.15, 0.2) is 84.6 Å². The van der Waals surface area contributed by atoms with Crippen LogP contribution in [0.25, 0.3) is 5.70 Å².